The summed E-state index contributed by atoms with van der Waals surface area (Å²) in [5.74, 6) is 1.15. The number of carbonyl (C=O) groups is 2. The van der Waals surface area contributed by atoms with E-state index in [-0.39, 0.29) is 35.6 Å². The highest BCUT2D eigenvalue weighted by Crippen LogP contribution is 2.49. The molecular formula is C26H20O7. The molecule has 7 heteroatoms. The van der Waals surface area contributed by atoms with E-state index in [9.17, 15) is 14.7 Å². The van der Waals surface area contributed by atoms with Crippen molar-refractivity contribution < 1.29 is 33.6 Å². The van der Waals surface area contributed by atoms with E-state index in [1.807, 2.05) is 0 Å². The predicted octanol–water partition coefficient (Wildman–Crippen LogP) is 4.47. The highest BCUT2D eigenvalue weighted by atomic mass is 16.5. The fraction of sp³-hybridized carbons (Fsp3) is 0.154. The van der Waals surface area contributed by atoms with Crippen LogP contribution in [-0.4, -0.2) is 31.1 Å². The number of aromatic hydroxyl groups is 1. The number of fused-ring (bicyclic) bond motifs is 3. The zero-order chi connectivity index (χ0) is 23.1. The highest BCUT2D eigenvalue weighted by Gasteiger charge is 2.38. The number of carbonyl (C=O) groups excluding carboxylic acids is 2. The highest BCUT2D eigenvalue weighted by molar-refractivity contribution is 6.15. The number of hydrogen-bond donors (Lipinski definition) is 1. The second kappa shape index (κ2) is 8.02. The maximum absolute atomic E-state index is 13.2. The molecule has 5 rings (SSSR count). The summed E-state index contributed by atoms with van der Waals surface area (Å²) in [5.41, 5.74) is 2.50. The maximum Gasteiger partial charge on any atom is 0.312 e. The summed E-state index contributed by atoms with van der Waals surface area (Å²) in [6, 6.07) is 15.1. The molecule has 33 heavy (non-hydrogen) atoms. The molecule has 0 saturated carbocycles. The van der Waals surface area contributed by atoms with Gasteiger partial charge in [-0.1, -0.05) is 12.1 Å². The van der Waals surface area contributed by atoms with Gasteiger partial charge in [0.05, 0.1) is 26.2 Å². The average molecular weight is 444 g/mol. The number of phenolic OH excluding ortho intramolecular Hbond substituents is 1. The van der Waals surface area contributed by atoms with Gasteiger partial charge in [0.2, 0.25) is 5.78 Å². The zero-order valence-corrected chi connectivity index (χ0v) is 18.0. The fourth-order valence-corrected chi connectivity index (χ4v) is 4.18. The lowest BCUT2D eigenvalue weighted by atomic mass is 9.84. The molecule has 0 amide bonds. The Balaban J connectivity index is 1.59. The number of allylic oxidation sites excluding steroid dienone is 1. The Morgan fingerprint density at radius 2 is 1.76 bits per heavy atom. The molecule has 1 N–H and O–H groups in total. The third kappa shape index (κ3) is 3.57. The summed E-state index contributed by atoms with van der Waals surface area (Å²) in [6.07, 6.45) is 1.72. The summed E-state index contributed by atoms with van der Waals surface area (Å²) < 4.78 is 22.2. The Morgan fingerprint density at radius 3 is 2.48 bits per heavy atom. The zero-order valence-electron chi connectivity index (χ0n) is 18.0. The number of rotatable bonds is 4. The molecule has 0 aromatic heterocycles. The molecule has 0 radical (unpaired) electrons. The van der Waals surface area contributed by atoms with Crippen LogP contribution in [0.1, 0.15) is 39.4 Å². The summed E-state index contributed by atoms with van der Waals surface area (Å²) >= 11 is 0. The number of ketones is 1. The Hall–Kier alpha value is -4.26. The fourth-order valence-electron chi connectivity index (χ4n) is 4.18. The summed E-state index contributed by atoms with van der Waals surface area (Å²) in [4.78, 5) is 25.4. The number of Topliss-reactive ketones (excluding diaryl/α,β-unsaturated/α-hetero) is 1. The van der Waals surface area contributed by atoms with E-state index in [1.165, 1.54) is 7.11 Å². The van der Waals surface area contributed by atoms with Gasteiger partial charge in [-0.05, 0) is 48.0 Å². The number of hydrogen-bond acceptors (Lipinski definition) is 7. The van der Waals surface area contributed by atoms with Crippen molar-refractivity contribution in [2.75, 3.05) is 14.2 Å². The monoisotopic (exact) mass is 444 g/mol. The quantitative estimate of drug-likeness (QED) is 0.361. The van der Waals surface area contributed by atoms with Gasteiger partial charge in [-0.3, -0.25) is 9.59 Å². The van der Waals surface area contributed by atoms with Gasteiger partial charge >= 0.3 is 5.97 Å². The lowest BCUT2D eigenvalue weighted by Crippen LogP contribution is -2.21. The molecule has 0 spiro atoms. The van der Waals surface area contributed by atoms with Crippen molar-refractivity contribution in [3.05, 3.63) is 82.6 Å². The smallest absolute Gasteiger partial charge is 0.312 e. The topological polar surface area (TPSA) is 91.3 Å². The SMILES string of the molecule is COc1ccc(/C=C2\Oc3c(ccc4c3[C@@H](c3ccc(O)cc3)CC(=O)O4)C2=O)c(OC)c1. The minimum atomic E-state index is -0.375. The van der Waals surface area contributed by atoms with Gasteiger partial charge in [-0.2, -0.15) is 0 Å². The van der Waals surface area contributed by atoms with Gasteiger partial charge in [0, 0.05) is 23.1 Å². The first kappa shape index (κ1) is 20.6. The first-order chi connectivity index (χ1) is 16.0. The third-order valence-corrected chi connectivity index (χ3v) is 5.80. The van der Waals surface area contributed by atoms with Crippen molar-refractivity contribution in [3.63, 3.8) is 0 Å². The standard InChI is InChI=1S/C26H20O7/c1-30-17-8-5-15(21(12-17)31-2)11-22-25(29)18-9-10-20-24(26(18)33-22)19(13-23(28)32-20)14-3-6-16(27)7-4-14/h3-12,19,27H,13H2,1-2H3/b22-11-/t19-/m1/s1. The summed E-state index contributed by atoms with van der Waals surface area (Å²) in [5, 5.41) is 9.66. The molecule has 2 aliphatic rings. The summed E-state index contributed by atoms with van der Waals surface area (Å²) in [7, 11) is 3.10. The second-order valence-corrected chi connectivity index (χ2v) is 7.72. The molecule has 1 atom stereocenters. The Kier molecular flexibility index (Phi) is 5.01. The second-order valence-electron chi connectivity index (χ2n) is 7.72. The normalized spacial score (nSPS) is 17.8. The van der Waals surface area contributed by atoms with Crippen LogP contribution in [-0.2, 0) is 4.79 Å². The maximum atomic E-state index is 13.2. The number of esters is 1. The Labute approximate surface area is 189 Å². The Bertz CT molecular complexity index is 1300. The van der Waals surface area contributed by atoms with Crippen LogP contribution in [0.2, 0.25) is 0 Å². The van der Waals surface area contributed by atoms with E-state index in [0.29, 0.717) is 39.7 Å². The van der Waals surface area contributed by atoms with Crippen molar-refractivity contribution in [3.8, 4) is 28.7 Å². The molecule has 0 fully saturated rings. The Morgan fingerprint density at radius 1 is 0.970 bits per heavy atom. The largest absolute Gasteiger partial charge is 0.508 e. The predicted molar refractivity (Wildman–Crippen MR) is 119 cm³/mol. The van der Waals surface area contributed by atoms with Crippen LogP contribution < -0.4 is 18.9 Å². The molecule has 0 unspecified atom stereocenters. The van der Waals surface area contributed by atoms with E-state index in [1.54, 1.807) is 67.8 Å². The molecule has 3 aromatic carbocycles. The van der Waals surface area contributed by atoms with Crippen molar-refractivity contribution in [1.82, 2.24) is 0 Å². The first-order valence-electron chi connectivity index (χ1n) is 10.3. The molecule has 3 aromatic rings. The van der Waals surface area contributed by atoms with Gasteiger partial charge < -0.3 is 24.1 Å². The van der Waals surface area contributed by atoms with Crippen molar-refractivity contribution in [2.24, 2.45) is 0 Å². The van der Waals surface area contributed by atoms with Crippen LogP contribution in [0.5, 0.6) is 28.7 Å². The van der Waals surface area contributed by atoms with Gasteiger partial charge in [0.15, 0.2) is 5.76 Å². The first-order valence-corrected chi connectivity index (χ1v) is 10.3. The van der Waals surface area contributed by atoms with Crippen LogP contribution in [0.25, 0.3) is 6.08 Å². The van der Waals surface area contributed by atoms with Crippen LogP contribution in [0, 0.1) is 0 Å². The average Bonchev–Trinajstić information content (AvgIpc) is 3.14. The lowest BCUT2D eigenvalue weighted by molar-refractivity contribution is -0.135. The van der Waals surface area contributed by atoms with E-state index < -0.39 is 0 Å². The van der Waals surface area contributed by atoms with E-state index in [2.05, 4.69) is 0 Å². The minimum absolute atomic E-state index is 0.0944. The van der Waals surface area contributed by atoms with Gasteiger partial charge in [0.25, 0.3) is 0 Å². The molecular weight excluding hydrogens is 424 g/mol. The third-order valence-electron chi connectivity index (χ3n) is 5.80. The van der Waals surface area contributed by atoms with Crippen molar-refractivity contribution >= 4 is 17.8 Å². The summed E-state index contributed by atoms with van der Waals surface area (Å²) in [6.45, 7) is 0. The number of ether oxygens (including phenoxy) is 4. The van der Waals surface area contributed by atoms with Gasteiger partial charge in [0.1, 0.15) is 28.7 Å². The van der Waals surface area contributed by atoms with Crippen LogP contribution in [0.4, 0.5) is 0 Å². The van der Waals surface area contributed by atoms with Gasteiger partial charge in [-0.15, -0.1) is 0 Å². The molecule has 2 heterocycles. The lowest BCUT2D eigenvalue weighted by Gasteiger charge is -2.26. The molecule has 0 saturated heterocycles. The molecule has 0 bridgehead atoms. The van der Waals surface area contributed by atoms with Crippen LogP contribution in [0.3, 0.4) is 0 Å². The number of methoxy groups -OCH3 is 2. The molecule has 2 aliphatic heterocycles. The van der Waals surface area contributed by atoms with E-state index in [4.69, 9.17) is 18.9 Å². The van der Waals surface area contributed by atoms with Gasteiger partial charge in [-0.25, -0.2) is 0 Å². The molecule has 0 aliphatic carbocycles. The van der Waals surface area contributed by atoms with Crippen molar-refractivity contribution in [2.45, 2.75) is 12.3 Å². The minimum Gasteiger partial charge on any atom is -0.508 e. The van der Waals surface area contributed by atoms with E-state index in [0.717, 1.165) is 5.56 Å². The number of benzene rings is 3. The van der Waals surface area contributed by atoms with Crippen LogP contribution in [0.15, 0.2) is 60.4 Å². The van der Waals surface area contributed by atoms with E-state index >= 15 is 0 Å². The van der Waals surface area contributed by atoms with Crippen molar-refractivity contribution in [1.29, 1.82) is 0 Å². The van der Waals surface area contributed by atoms with Crippen LogP contribution >= 0.6 is 0 Å². The molecule has 7 nitrogen and oxygen atoms in total. The number of phenols is 1. The molecule has 166 valence electrons.